The highest BCUT2D eigenvalue weighted by Crippen LogP contribution is 2.26. The zero-order valence-electron chi connectivity index (χ0n) is 15.5. The lowest BCUT2D eigenvalue weighted by atomic mass is 9.95. The van der Waals surface area contributed by atoms with E-state index in [9.17, 15) is 0 Å². The van der Waals surface area contributed by atoms with E-state index < -0.39 is 0 Å². The Bertz CT molecular complexity index is 828. The van der Waals surface area contributed by atoms with Crippen LogP contribution in [-0.2, 0) is 6.42 Å². The minimum atomic E-state index is 0.136. The number of rotatable bonds is 5. The molecule has 3 heterocycles. The molecule has 2 atom stereocenters. The first-order valence-electron chi connectivity index (χ1n) is 8.92. The van der Waals surface area contributed by atoms with E-state index in [1.807, 2.05) is 12.4 Å². The van der Waals surface area contributed by atoms with E-state index in [4.69, 9.17) is 5.41 Å². The molecular formula is C20H27N5. The molecular weight excluding hydrogens is 310 g/mol. The van der Waals surface area contributed by atoms with Crippen LogP contribution < -0.4 is 0 Å². The van der Waals surface area contributed by atoms with Crippen molar-refractivity contribution >= 4 is 22.6 Å². The summed E-state index contributed by atoms with van der Waals surface area (Å²) in [5.41, 5.74) is 4.08. The Morgan fingerprint density at radius 2 is 2.08 bits per heavy atom. The summed E-state index contributed by atoms with van der Waals surface area (Å²) < 4.78 is 0. The fraction of sp³-hybridized carbons (Fsp3) is 0.450. The highest BCUT2D eigenvalue weighted by Gasteiger charge is 2.20. The highest BCUT2D eigenvalue weighted by atomic mass is 15.0. The molecule has 5 nitrogen and oxygen atoms in total. The van der Waals surface area contributed by atoms with Crippen LogP contribution in [0.2, 0.25) is 0 Å². The lowest BCUT2D eigenvalue weighted by Crippen LogP contribution is -2.14. The minimum Gasteiger partial charge on any atom is -0.345 e. The molecule has 0 bridgehead atoms. The number of fused-ring (bicyclic) bond motifs is 1. The van der Waals surface area contributed by atoms with Crippen molar-refractivity contribution in [3.8, 4) is 0 Å². The number of nitrogens with zero attached hydrogens (tertiary/aromatic N) is 3. The first-order valence-corrected chi connectivity index (χ1v) is 8.92. The van der Waals surface area contributed by atoms with Crippen LogP contribution in [0.25, 0.3) is 11.0 Å². The number of hydrogen-bond acceptors (Lipinski definition) is 3. The molecule has 2 aromatic rings. The van der Waals surface area contributed by atoms with Crippen LogP contribution in [0.15, 0.2) is 35.6 Å². The Hall–Kier alpha value is -2.27. The molecule has 0 amide bonds. The summed E-state index contributed by atoms with van der Waals surface area (Å²) >= 11 is 0. The number of aryl methyl sites for hydroxylation is 1. The number of hydrogen-bond donors (Lipinski definition) is 2. The lowest BCUT2D eigenvalue weighted by Gasteiger charge is -2.12. The molecule has 132 valence electrons. The second-order valence-corrected chi connectivity index (χ2v) is 7.19. The van der Waals surface area contributed by atoms with Gasteiger partial charge < -0.3 is 9.88 Å². The summed E-state index contributed by atoms with van der Waals surface area (Å²) in [6, 6.07) is 2.10. The molecule has 1 aliphatic rings. The second kappa shape index (κ2) is 7.31. The van der Waals surface area contributed by atoms with Crippen LogP contribution in [0.3, 0.4) is 0 Å². The van der Waals surface area contributed by atoms with Crippen molar-refractivity contribution in [3.05, 3.63) is 41.7 Å². The third kappa shape index (κ3) is 3.71. The van der Waals surface area contributed by atoms with Gasteiger partial charge in [0.1, 0.15) is 11.5 Å². The zero-order valence-corrected chi connectivity index (χ0v) is 15.5. The summed E-state index contributed by atoms with van der Waals surface area (Å²) in [4.78, 5) is 14.6. The Balaban J connectivity index is 2.01. The van der Waals surface area contributed by atoms with Gasteiger partial charge in [0.2, 0.25) is 0 Å². The summed E-state index contributed by atoms with van der Waals surface area (Å²) in [7, 11) is 4.20. The van der Waals surface area contributed by atoms with Gasteiger partial charge in [-0.3, -0.25) is 5.41 Å². The largest absolute Gasteiger partial charge is 0.345 e. The first kappa shape index (κ1) is 17.5. The number of pyridine rings is 1. The Morgan fingerprint density at radius 1 is 1.28 bits per heavy atom. The quantitative estimate of drug-likeness (QED) is 0.874. The fourth-order valence-corrected chi connectivity index (χ4v) is 3.20. The van der Waals surface area contributed by atoms with Crippen LogP contribution in [-0.4, -0.2) is 47.1 Å². The van der Waals surface area contributed by atoms with Crippen molar-refractivity contribution in [1.82, 2.24) is 14.9 Å². The Labute approximate surface area is 149 Å². The van der Waals surface area contributed by atoms with E-state index in [0.29, 0.717) is 11.8 Å². The van der Waals surface area contributed by atoms with Gasteiger partial charge in [0.25, 0.3) is 0 Å². The van der Waals surface area contributed by atoms with Crippen molar-refractivity contribution in [2.45, 2.75) is 26.7 Å². The number of allylic oxidation sites excluding steroid dienone is 2. The van der Waals surface area contributed by atoms with Gasteiger partial charge in [0.05, 0.1) is 5.71 Å². The number of aromatic nitrogens is 2. The third-order valence-corrected chi connectivity index (χ3v) is 5.01. The van der Waals surface area contributed by atoms with Crippen LogP contribution in [0.5, 0.6) is 0 Å². The minimum absolute atomic E-state index is 0.136. The van der Waals surface area contributed by atoms with Crippen molar-refractivity contribution in [2.75, 3.05) is 20.6 Å². The summed E-state index contributed by atoms with van der Waals surface area (Å²) in [5.74, 6) is 0.896. The van der Waals surface area contributed by atoms with Crippen LogP contribution in [0.1, 0.15) is 31.4 Å². The molecule has 2 N–H and O–H groups in total. The molecule has 25 heavy (non-hydrogen) atoms. The Morgan fingerprint density at radius 3 is 2.84 bits per heavy atom. The van der Waals surface area contributed by atoms with Crippen LogP contribution in [0, 0.1) is 17.2 Å². The average molecular weight is 337 g/mol. The van der Waals surface area contributed by atoms with Crippen molar-refractivity contribution in [1.29, 1.82) is 5.41 Å². The van der Waals surface area contributed by atoms with Crippen molar-refractivity contribution in [3.63, 3.8) is 0 Å². The number of aliphatic imine (C=N–C) groups is 1. The second-order valence-electron chi connectivity index (χ2n) is 7.19. The first-order chi connectivity index (χ1) is 12.0. The van der Waals surface area contributed by atoms with E-state index in [0.717, 1.165) is 41.7 Å². The summed E-state index contributed by atoms with van der Waals surface area (Å²) in [6.45, 7) is 5.26. The molecule has 5 heteroatoms. The molecule has 0 aromatic carbocycles. The molecule has 0 radical (unpaired) electrons. The number of amidine groups is 1. The predicted octanol–water partition coefficient (Wildman–Crippen LogP) is 3.67. The van der Waals surface area contributed by atoms with Gasteiger partial charge in [-0.15, -0.1) is 0 Å². The molecule has 0 fully saturated rings. The molecule has 0 saturated heterocycles. The predicted molar refractivity (Wildman–Crippen MR) is 105 cm³/mol. The SMILES string of the molecule is CC1C=CC(c2c[nH]c3nccc(CCCN(C)C)c23)=NC(=N)C1C. The smallest absolute Gasteiger partial charge is 0.138 e. The van der Waals surface area contributed by atoms with Crippen LogP contribution in [0.4, 0.5) is 0 Å². The van der Waals surface area contributed by atoms with Gasteiger partial charge >= 0.3 is 0 Å². The van der Waals surface area contributed by atoms with Gasteiger partial charge in [0, 0.05) is 29.3 Å². The van der Waals surface area contributed by atoms with Crippen molar-refractivity contribution < 1.29 is 0 Å². The maximum atomic E-state index is 8.26. The highest BCUT2D eigenvalue weighted by molar-refractivity contribution is 6.20. The third-order valence-electron chi connectivity index (χ3n) is 5.01. The number of H-pyrrole nitrogens is 1. The van der Waals surface area contributed by atoms with E-state index in [-0.39, 0.29) is 5.92 Å². The van der Waals surface area contributed by atoms with Gasteiger partial charge in [-0.1, -0.05) is 19.9 Å². The standard InChI is InChI=1S/C20H27N5/c1-13-7-8-17(24-19(21)14(13)2)16-12-23-20-18(16)15(9-10-22-20)6-5-11-25(3)4/h7-10,12-14,21H,5-6,11H2,1-4H3,(H,22,23). The molecule has 2 aromatic heterocycles. The van der Waals surface area contributed by atoms with Gasteiger partial charge in [-0.25, -0.2) is 9.98 Å². The lowest BCUT2D eigenvalue weighted by molar-refractivity contribution is 0.400. The van der Waals surface area contributed by atoms with Gasteiger partial charge in [0.15, 0.2) is 0 Å². The van der Waals surface area contributed by atoms with Gasteiger partial charge in [-0.05, 0) is 57.1 Å². The maximum absolute atomic E-state index is 8.26. The molecule has 2 unspecified atom stereocenters. The van der Waals surface area contributed by atoms with Crippen molar-refractivity contribution in [2.24, 2.45) is 16.8 Å². The monoisotopic (exact) mass is 337 g/mol. The molecule has 3 rings (SSSR count). The zero-order chi connectivity index (χ0) is 18.0. The normalized spacial score (nSPS) is 21.0. The van der Waals surface area contributed by atoms with Gasteiger partial charge in [-0.2, -0.15) is 0 Å². The average Bonchev–Trinajstić information content (AvgIpc) is 2.97. The topological polar surface area (TPSA) is 68.1 Å². The number of aromatic amines is 1. The number of nitrogens with one attached hydrogen (secondary N) is 2. The summed E-state index contributed by atoms with van der Waals surface area (Å²) in [5, 5.41) is 9.40. The maximum Gasteiger partial charge on any atom is 0.138 e. The molecule has 0 aliphatic carbocycles. The van der Waals surface area contributed by atoms with E-state index in [1.165, 1.54) is 5.56 Å². The van der Waals surface area contributed by atoms with Crippen LogP contribution >= 0.6 is 0 Å². The Kier molecular flexibility index (Phi) is 5.13. The molecule has 1 aliphatic heterocycles. The van der Waals surface area contributed by atoms with E-state index in [2.05, 4.69) is 66.0 Å². The molecule has 0 spiro atoms. The van der Waals surface area contributed by atoms with E-state index in [1.54, 1.807) is 0 Å². The summed E-state index contributed by atoms with van der Waals surface area (Å²) in [6.07, 6.45) is 10.2. The van der Waals surface area contributed by atoms with E-state index >= 15 is 0 Å². The fourth-order valence-electron chi connectivity index (χ4n) is 3.20. The molecule has 0 saturated carbocycles.